The van der Waals surface area contributed by atoms with Crippen LogP contribution in [0.4, 0.5) is 0 Å². The van der Waals surface area contributed by atoms with Crippen molar-refractivity contribution in [3.63, 3.8) is 0 Å². The first kappa shape index (κ1) is 18.1. The highest BCUT2D eigenvalue weighted by Crippen LogP contribution is 2.39. The van der Waals surface area contributed by atoms with Crippen molar-refractivity contribution in [3.05, 3.63) is 47.2 Å². The smallest absolute Gasteiger partial charge is 0.283 e. The lowest BCUT2D eigenvalue weighted by Gasteiger charge is -2.36. The molecule has 5 nitrogen and oxygen atoms in total. The Hall–Kier alpha value is -2.29. The Kier molecular flexibility index (Phi) is 6.42. The second kappa shape index (κ2) is 8.53. The van der Waals surface area contributed by atoms with Gasteiger partial charge >= 0.3 is 0 Å². The number of primary amides is 1. The maximum Gasteiger partial charge on any atom is 0.283 e. The van der Waals surface area contributed by atoms with Crippen molar-refractivity contribution >= 4 is 5.91 Å². The number of amides is 1. The van der Waals surface area contributed by atoms with E-state index in [9.17, 15) is 9.90 Å². The summed E-state index contributed by atoms with van der Waals surface area (Å²) in [7, 11) is 0. The van der Waals surface area contributed by atoms with Crippen molar-refractivity contribution in [2.75, 3.05) is 13.2 Å². The van der Waals surface area contributed by atoms with E-state index in [1.807, 2.05) is 31.2 Å². The summed E-state index contributed by atoms with van der Waals surface area (Å²) in [6.45, 7) is 2.41. The van der Waals surface area contributed by atoms with Crippen LogP contribution in [0, 0.1) is 18.3 Å². The first-order valence-corrected chi connectivity index (χ1v) is 8.08. The molecule has 1 aliphatic rings. The molecule has 0 aliphatic carbocycles. The molecule has 0 unspecified atom stereocenters. The average Bonchev–Trinajstić information content (AvgIpc) is 2.60. The number of aliphatic hydroxyl groups is 1. The number of aliphatic hydroxyl groups excluding tert-OH is 1. The molecule has 1 aliphatic heterocycles. The SMILES string of the molecule is C#Cc1ccc([C@H]2C=C(C(N)=O)O[C@@H](OCC)[C@@H]2CCCO)cc1. The average molecular weight is 329 g/mol. The summed E-state index contributed by atoms with van der Waals surface area (Å²) in [6.07, 6.45) is 7.89. The van der Waals surface area contributed by atoms with Gasteiger partial charge in [-0.2, -0.15) is 0 Å². The normalized spacial score (nSPS) is 23.0. The van der Waals surface area contributed by atoms with Crippen molar-refractivity contribution in [2.24, 2.45) is 11.7 Å². The first-order valence-electron chi connectivity index (χ1n) is 8.08. The van der Waals surface area contributed by atoms with Crippen LogP contribution in [0.3, 0.4) is 0 Å². The molecule has 0 aromatic heterocycles. The largest absolute Gasteiger partial charge is 0.459 e. The summed E-state index contributed by atoms with van der Waals surface area (Å²) in [5.74, 6) is 1.95. The summed E-state index contributed by atoms with van der Waals surface area (Å²) in [5.41, 5.74) is 7.20. The van der Waals surface area contributed by atoms with E-state index in [4.69, 9.17) is 21.6 Å². The molecule has 0 radical (unpaired) electrons. The number of terminal acetylenes is 1. The summed E-state index contributed by atoms with van der Waals surface area (Å²) < 4.78 is 11.3. The minimum atomic E-state index is -0.620. The van der Waals surface area contributed by atoms with Gasteiger partial charge in [-0.25, -0.2) is 0 Å². The lowest BCUT2D eigenvalue weighted by molar-refractivity contribution is -0.165. The molecule has 1 aromatic rings. The molecular formula is C19H23NO4. The Balaban J connectivity index is 2.40. The van der Waals surface area contributed by atoms with Crippen LogP contribution in [0.25, 0.3) is 0 Å². The lowest BCUT2D eigenvalue weighted by Crippen LogP contribution is -2.37. The maximum atomic E-state index is 11.6. The third-order valence-corrected chi connectivity index (χ3v) is 4.12. The zero-order valence-corrected chi connectivity index (χ0v) is 13.8. The van der Waals surface area contributed by atoms with Crippen molar-refractivity contribution < 1.29 is 19.4 Å². The number of ether oxygens (including phenoxy) is 2. The van der Waals surface area contributed by atoms with Gasteiger partial charge in [-0.05, 0) is 43.5 Å². The van der Waals surface area contributed by atoms with Gasteiger partial charge in [0.1, 0.15) is 0 Å². The van der Waals surface area contributed by atoms with Crippen LogP contribution in [0.15, 0.2) is 36.1 Å². The molecule has 0 spiro atoms. The van der Waals surface area contributed by atoms with Gasteiger partial charge in [-0.3, -0.25) is 4.79 Å². The molecule has 128 valence electrons. The van der Waals surface area contributed by atoms with Gasteiger partial charge in [0, 0.05) is 30.6 Å². The standard InChI is InChI=1S/C19H23NO4/c1-3-13-7-9-14(10-8-13)16-12-17(18(20)22)24-19(23-4-2)15(16)6-5-11-21/h1,7-10,12,15-16,19,21H,4-6,11H2,2H3,(H2,20,22)/t15-,16-,19-/m1/s1. The monoisotopic (exact) mass is 329 g/mol. The van der Waals surface area contributed by atoms with Gasteiger partial charge in [0.05, 0.1) is 0 Å². The van der Waals surface area contributed by atoms with E-state index in [0.29, 0.717) is 19.4 Å². The molecule has 3 N–H and O–H groups in total. The maximum absolute atomic E-state index is 11.6. The molecule has 0 saturated heterocycles. The number of hydrogen-bond donors (Lipinski definition) is 2. The third kappa shape index (κ3) is 4.16. The van der Waals surface area contributed by atoms with Gasteiger partial charge < -0.3 is 20.3 Å². The number of benzene rings is 1. The van der Waals surface area contributed by atoms with E-state index >= 15 is 0 Å². The fourth-order valence-electron chi connectivity index (χ4n) is 2.96. The van der Waals surface area contributed by atoms with E-state index in [0.717, 1.165) is 11.1 Å². The van der Waals surface area contributed by atoms with Crippen LogP contribution >= 0.6 is 0 Å². The molecule has 0 saturated carbocycles. The summed E-state index contributed by atoms with van der Waals surface area (Å²) >= 11 is 0. The van der Waals surface area contributed by atoms with Gasteiger partial charge in [-0.1, -0.05) is 18.1 Å². The third-order valence-electron chi connectivity index (χ3n) is 4.12. The number of hydrogen-bond acceptors (Lipinski definition) is 4. The molecule has 1 aromatic carbocycles. The minimum absolute atomic E-state index is 0.0307. The number of carbonyl (C=O) groups excluding carboxylic acids is 1. The van der Waals surface area contributed by atoms with Gasteiger partial charge in [-0.15, -0.1) is 6.42 Å². The van der Waals surface area contributed by atoms with Crippen LogP contribution in [-0.2, 0) is 14.3 Å². The molecule has 3 atom stereocenters. The molecule has 1 heterocycles. The topological polar surface area (TPSA) is 81.8 Å². The van der Waals surface area contributed by atoms with Gasteiger partial charge in [0.25, 0.3) is 5.91 Å². The highest BCUT2D eigenvalue weighted by molar-refractivity contribution is 5.90. The van der Waals surface area contributed by atoms with E-state index in [-0.39, 0.29) is 24.2 Å². The van der Waals surface area contributed by atoms with Crippen LogP contribution in [0.5, 0.6) is 0 Å². The van der Waals surface area contributed by atoms with Crippen molar-refractivity contribution in [3.8, 4) is 12.3 Å². The van der Waals surface area contributed by atoms with Gasteiger partial charge in [0.15, 0.2) is 5.76 Å². The quantitative estimate of drug-likeness (QED) is 0.749. The highest BCUT2D eigenvalue weighted by atomic mass is 16.7. The highest BCUT2D eigenvalue weighted by Gasteiger charge is 2.37. The lowest BCUT2D eigenvalue weighted by atomic mass is 9.80. The van der Waals surface area contributed by atoms with E-state index in [1.165, 1.54) is 0 Å². The fourth-order valence-corrected chi connectivity index (χ4v) is 2.96. The fraction of sp³-hybridized carbons (Fsp3) is 0.421. The number of rotatable bonds is 7. The Bertz CT molecular complexity index is 630. The molecule has 0 fully saturated rings. The zero-order valence-electron chi connectivity index (χ0n) is 13.8. The number of allylic oxidation sites excluding steroid dienone is 1. The minimum Gasteiger partial charge on any atom is -0.459 e. The van der Waals surface area contributed by atoms with E-state index in [2.05, 4.69) is 5.92 Å². The van der Waals surface area contributed by atoms with Crippen LogP contribution in [0.1, 0.15) is 36.8 Å². The Labute approximate surface area is 142 Å². The Morgan fingerprint density at radius 2 is 2.12 bits per heavy atom. The van der Waals surface area contributed by atoms with E-state index in [1.54, 1.807) is 6.08 Å². The Morgan fingerprint density at radius 1 is 1.42 bits per heavy atom. The molecule has 2 rings (SSSR count). The summed E-state index contributed by atoms with van der Waals surface area (Å²) in [5, 5.41) is 9.19. The zero-order chi connectivity index (χ0) is 17.5. The molecule has 24 heavy (non-hydrogen) atoms. The number of nitrogens with two attached hydrogens (primary N) is 1. The van der Waals surface area contributed by atoms with Gasteiger partial charge in [0.2, 0.25) is 6.29 Å². The van der Waals surface area contributed by atoms with E-state index < -0.39 is 12.2 Å². The molecule has 0 bridgehead atoms. The molecule has 5 heteroatoms. The second-order valence-corrected chi connectivity index (χ2v) is 5.66. The first-order chi connectivity index (χ1) is 11.6. The van der Waals surface area contributed by atoms with Crippen molar-refractivity contribution in [1.29, 1.82) is 0 Å². The Morgan fingerprint density at radius 3 is 2.67 bits per heavy atom. The van der Waals surface area contributed by atoms with Crippen LogP contribution in [-0.4, -0.2) is 30.5 Å². The molecular weight excluding hydrogens is 306 g/mol. The predicted molar refractivity (Wildman–Crippen MR) is 90.7 cm³/mol. The molecule has 1 amide bonds. The van der Waals surface area contributed by atoms with Crippen molar-refractivity contribution in [1.82, 2.24) is 0 Å². The second-order valence-electron chi connectivity index (χ2n) is 5.66. The van der Waals surface area contributed by atoms with Crippen LogP contribution in [0.2, 0.25) is 0 Å². The number of carbonyl (C=O) groups is 1. The summed E-state index contributed by atoms with van der Waals surface area (Å²) in [6, 6.07) is 7.60. The summed E-state index contributed by atoms with van der Waals surface area (Å²) in [4.78, 5) is 11.6. The van der Waals surface area contributed by atoms with Crippen molar-refractivity contribution in [2.45, 2.75) is 32.0 Å². The van der Waals surface area contributed by atoms with Crippen LogP contribution < -0.4 is 5.73 Å². The predicted octanol–water partition coefficient (Wildman–Crippen LogP) is 1.90.